The Bertz CT molecular complexity index is 572. The second kappa shape index (κ2) is 4.66. The Morgan fingerprint density at radius 3 is 2.48 bits per heavy atom. The molecule has 4 aliphatic rings. The van der Waals surface area contributed by atoms with Gasteiger partial charge in [-0.2, -0.15) is 0 Å². The molecule has 4 rings (SSSR count). The third kappa shape index (κ3) is 1.80. The van der Waals surface area contributed by atoms with Crippen LogP contribution in [0.5, 0.6) is 0 Å². The fourth-order valence-electron chi connectivity index (χ4n) is 6.78. The molecule has 2 unspecified atom stereocenters. The summed E-state index contributed by atoms with van der Waals surface area (Å²) in [4.78, 5) is 24.3. The molecule has 23 heavy (non-hydrogen) atoms. The summed E-state index contributed by atoms with van der Waals surface area (Å²) in [5, 5.41) is 22.8. The van der Waals surface area contributed by atoms with Crippen molar-refractivity contribution < 1.29 is 19.8 Å². The molecular formula is C19H28O4. The quantitative estimate of drug-likeness (QED) is 0.718. The van der Waals surface area contributed by atoms with Crippen LogP contribution in [-0.2, 0) is 9.59 Å². The number of Topliss-reactive ketones (excluding diaryl/α,β-unsaturated/α-hetero) is 2. The van der Waals surface area contributed by atoms with Gasteiger partial charge in [-0.25, -0.2) is 0 Å². The molecular weight excluding hydrogens is 292 g/mol. The first-order valence-corrected chi connectivity index (χ1v) is 9.22. The Labute approximate surface area is 137 Å². The van der Waals surface area contributed by atoms with Gasteiger partial charge in [0.2, 0.25) is 0 Å². The van der Waals surface area contributed by atoms with Crippen LogP contribution < -0.4 is 0 Å². The average molecular weight is 320 g/mol. The molecule has 0 amide bonds. The summed E-state index contributed by atoms with van der Waals surface area (Å²) < 4.78 is 0. The van der Waals surface area contributed by atoms with Crippen LogP contribution in [0.4, 0.5) is 0 Å². The Hall–Kier alpha value is -0.740. The number of hydrogen-bond donors (Lipinski definition) is 2. The van der Waals surface area contributed by atoms with Gasteiger partial charge >= 0.3 is 0 Å². The highest BCUT2D eigenvalue weighted by molar-refractivity contribution is 5.87. The van der Waals surface area contributed by atoms with Crippen molar-refractivity contribution in [1.82, 2.24) is 0 Å². The third-order valence-electron chi connectivity index (χ3n) is 8.20. The van der Waals surface area contributed by atoms with Crippen molar-refractivity contribution in [3.8, 4) is 0 Å². The lowest BCUT2D eigenvalue weighted by Crippen LogP contribution is -2.71. The first-order chi connectivity index (χ1) is 10.7. The topological polar surface area (TPSA) is 74.6 Å². The summed E-state index contributed by atoms with van der Waals surface area (Å²) in [5.74, 6) is 1.02. The van der Waals surface area contributed by atoms with Gasteiger partial charge in [-0.1, -0.05) is 13.8 Å². The fraction of sp³-hybridized carbons (Fsp3) is 0.895. The van der Waals surface area contributed by atoms with Gasteiger partial charge < -0.3 is 10.2 Å². The van der Waals surface area contributed by atoms with E-state index in [0.717, 1.165) is 25.7 Å². The number of aliphatic hydroxyl groups is 2. The van der Waals surface area contributed by atoms with Crippen molar-refractivity contribution in [3.63, 3.8) is 0 Å². The Morgan fingerprint density at radius 1 is 1.00 bits per heavy atom. The van der Waals surface area contributed by atoms with Crippen LogP contribution in [0.25, 0.3) is 0 Å². The number of carbonyl (C=O) groups excluding carboxylic acids is 2. The van der Waals surface area contributed by atoms with Crippen LogP contribution in [0.1, 0.15) is 65.2 Å². The molecule has 4 heteroatoms. The predicted molar refractivity (Wildman–Crippen MR) is 84.6 cm³/mol. The van der Waals surface area contributed by atoms with E-state index in [1.54, 1.807) is 0 Å². The van der Waals surface area contributed by atoms with Crippen molar-refractivity contribution in [1.29, 1.82) is 0 Å². The third-order valence-corrected chi connectivity index (χ3v) is 8.20. The largest absolute Gasteiger partial charge is 0.387 e. The van der Waals surface area contributed by atoms with Crippen LogP contribution in [0, 0.1) is 29.1 Å². The van der Waals surface area contributed by atoms with E-state index in [-0.39, 0.29) is 29.5 Å². The molecule has 0 spiro atoms. The molecule has 0 aromatic carbocycles. The first kappa shape index (κ1) is 15.8. The maximum Gasteiger partial charge on any atom is 0.139 e. The van der Waals surface area contributed by atoms with E-state index < -0.39 is 11.2 Å². The predicted octanol–water partition coefficient (Wildman–Crippen LogP) is 2.25. The lowest BCUT2D eigenvalue weighted by Gasteiger charge is -2.63. The Kier molecular flexibility index (Phi) is 3.20. The van der Waals surface area contributed by atoms with Gasteiger partial charge in [0.05, 0.1) is 5.60 Å². The molecule has 4 saturated carbocycles. The van der Waals surface area contributed by atoms with Crippen molar-refractivity contribution in [3.05, 3.63) is 0 Å². The van der Waals surface area contributed by atoms with Crippen LogP contribution in [0.15, 0.2) is 0 Å². The SMILES string of the molecule is C[C@H]1C[C@@H]2[C@H](CC[C@]3(C)C(=O)CC[C@@H]23)C2(O)CCC(=O)CC12O. The second-order valence-electron chi connectivity index (χ2n) is 9.00. The maximum atomic E-state index is 12.4. The summed E-state index contributed by atoms with van der Waals surface area (Å²) in [6.45, 7) is 4.09. The van der Waals surface area contributed by atoms with E-state index in [1.165, 1.54) is 0 Å². The standard InChI is InChI=1S/C19H28O4/c1-11-9-13-14-3-4-16(21)17(14,2)7-6-15(13)18(22)8-5-12(20)10-19(11,18)23/h11,13-15,22-23H,3-10H2,1-2H3/t11-,13-,14-,15-,17-,18?,19?/m0/s1. The second-order valence-corrected chi connectivity index (χ2v) is 9.00. The van der Waals surface area contributed by atoms with E-state index in [4.69, 9.17) is 0 Å². The molecule has 0 aromatic rings. The highest BCUT2D eigenvalue weighted by Gasteiger charge is 2.68. The molecule has 0 aromatic heterocycles. The highest BCUT2D eigenvalue weighted by Crippen LogP contribution is 2.64. The molecule has 128 valence electrons. The fourth-order valence-corrected chi connectivity index (χ4v) is 6.78. The molecule has 7 atom stereocenters. The molecule has 2 N–H and O–H groups in total. The highest BCUT2D eigenvalue weighted by atomic mass is 16.4. The van der Waals surface area contributed by atoms with Gasteiger partial charge in [-0.05, 0) is 55.8 Å². The number of hydrogen-bond acceptors (Lipinski definition) is 4. The zero-order chi connectivity index (χ0) is 16.6. The van der Waals surface area contributed by atoms with Crippen LogP contribution in [0.3, 0.4) is 0 Å². The Balaban J connectivity index is 1.74. The summed E-state index contributed by atoms with van der Waals surface area (Å²) >= 11 is 0. The molecule has 0 bridgehead atoms. The molecule has 0 aliphatic heterocycles. The number of fused-ring (bicyclic) bond motifs is 5. The van der Waals surface area contributed by atoms with Gasteiger partial charge in [0.25, 0.3) is 0 Å². The van der Waals surface area contributed by atoms with Crippen LogP contribution in [0.2, 0.25) is 0 Å². The number of rotatable bonds is 0. The summed E-state index contributed by atoms with van der Waals surface area (Å²) in [5.41, 5.74) is -2.66. The molecule has 4 fully saturated rings. The average Bonchev–Trinajstić information content (AvgIpc) is 2.79. The summed E-state index contributed by atoms with van der Waals surface area (Å²) in [6.07, 6.45) is 4.87. The van der Waals surface area contributed by atoms with Crippen LogP contribution >= 0.6 is 0 Å². The smallest absolute Gasteiger partial charge is 0.139 e. The van der Waals surface area contributed by atoms with Gasteiger partial charge in [0.15, 0.2) is 0 Å². The zero-order valence-corrected chi connectivity index (χ0v) is 14.2. The molecule has 0 radical (unpaired) electrons. The van der Waals surface area contributed by atoms with E-state index in [9.17, 15) is 19.8 Å². The normalized spacial score (nSPS) is 56.0. The van der Waals surface area contributed by atoms with Gasteiger partial charge in [0, 0.05) is 24.7 Å². The first-order valence-electron chi connectivity index (χ1n) is 9.22. The van der Waals surface area contributed by atoms with Gasteiger partial charge in [-0.3, -0.25) is 9.59 Å². The molecule has 4 aliphatic carbocycles. The van der Waals surface area contributed by atoms with E-state index in [2.05, 4.69) is 6.92 Å². The maximum absolute atomic E-state index is 12.4. The monoisotopic (exact) mass is 320 g/mol. The summed E-state index contributed by atoms with van der Waals surface area (Å²) in [6, 6.07) is 0. The zero-order valence-electron chi connectivity index (χ0n) is 14.2. The van der Waals surface area contributed by atoms with Gasteiger partial charge in [-0.15, -0.1) is 0 Å². The minimum absolute atomic E-state index is 0.0285. The van der Waals surface area contributed by atoms with Crippen LogP contribution in [-0.4, -0.2) is 33.0 Å². The van der Waals surface area contributed by atoms with Crippen molar-refractivity contribution >= 4 is 11.6 Å². The lowest BCUT2D eigenvalue weighted by molar-refractivity contribution is -0.267. The van der Waals surface area contributed by atoms with Crippen molar-refractivity contribution in [2.24, 2.45) is 29.1 Å². The Morgan fingerprint density at radius 2 is 1.74 bits per heavy atom. The van der Waals surface area contributed by atoms with E-state index in [0.29, 0.717) is 36.9 Å². The molecule has 0 saturated heterocycles. The minimum atomic E-state index is -1.28. The number of ketones is 2. The molecule has 0 heterocycles. The van der Waals surface area contributed by atoms with E-state index >= 15 is 0 Å². The van der Waals surface area contributed by atoms with Crippen molar-refractivity contribution in [2.45, 2.75) is 76.4 Å². The summed E-state index contributed by atoms with van der Waals surface area (Å²) in [7, 11) is 0. The van der Waals surface area contributed by atoms with E-state index in [1.807, 2.05) is 6.92 Å². The van der Waals surface area contributed by atoms with Crippen molar-refractivity contribution in [2.75, 3.05) is 0 Å². The molecule has 4 nitrogen and oxygen atoms in total. The lowest BCUT2D eigenvalue weighted by atomic mass is 9.45. The van der Waals surface area contributed by atoms with Gasteiger partial charge in [0.1, 0.15) is 17.2 Å². The minimum Gasteiger partial charge on any atom is -0.387 e. The number of carbonyl (C=O) groups is 2.